The monoisotopic (exact) mass is 501 g/mol. The molecule has 14 heteroatoms. The number of carboxylic acid groups (broad SMARTS) is 2. The zero-order valence-electron chi connectivity index (χ0n) is 18.2. The van der Waals surface area contributed by atoms with Gasteiger partial charge in [-0.3, -0.25) is 9.78 Å². The molecule has 0 saturated carbocycles. The van der Waals surface area contributed by atoms with Gasteiger partial charge in [0.2, 0.25) is 0 Å². The standard InChI is InChI=1S/C16H23N3O.2C2HF3O2/c1-18-11-2-6-16(18)7-3-12-19(13-8-16)15(20)14-4-9-17-10-5-14;2*3-2(4,5)1(6)7/h4-5,9-10H,2-3,6-8,11-13H2,1H3;2*(H,6,7). The van der Waals surface area contributed by atoms with Crippen molar-refractivity contribution < 1.29 is 50.9 Å². The van der Waals surface area contributed by atoms with E-state index < -0.39 is 24.3 Å². The molecule has 0 bridgehead atoms. The fourth-order valence-corrected chi connectivity index (χ4v) is 3.76. The third-order valence-corrected chi connectivity index (χ3v) is 5.56. The molecule has 0 aliphatic carbocycles. The third-order valence-electron chi connectivity index (χ3n) is 5.56. The highest BCUT2D eigenvalue weighted by Crippen LogP contribution is 2.37. The summed E-state index contributed by atoms with van der Waals surface area (Å²) in [5.74, 6) is -5.36. The van der Waals surface area contributed by atoms with Crippen molar-refractivity contribution in [1.82, 2.24) is 14.8 Å². The minimum atomic E-state index is -5.08. The molecule has 2 fully saturated rings. The highest BCUT2D eigenvalue weighted by molar-refractivity contribution is 5.94. The van der Waals surface area contributed by atoms with Gasteiger partial charge in [-0.1, -0.05) is 0 Å². The maximum atomic E-state index is 12.5. The molecule has 0 aromatic carbocycles. The van der Waals surface area contributed by atoms with Gasteiger partial charge in [-0.05, 0) is 57.8 Å². The predicted octanol–water partition coefficient (Wildman–Crippen LogP) is 3.44. The summed E-state index contributed by atoms with van der Waals surface area (Å²) in [6, 6.07) is 3.62. The van der Waals surface area contributed by atoms with Gasteiger partial charge in [0.25, 0.3) is 5.91 Å². The van der Waals surface area contributed by atoms with E-state index in [0.29, 0.717) is 5.54 Å². The number of aromatic nitrogens is 1. The number of carbonyl (C=O) groups is 3. The fourth-order valence-electron chi connectivity index (χ4n) is 3.76. The van der Waals surface area contributed by atoms with Crippen molar-refractivity contribution in [3.8, 4) is 0 Å². The Morgan fingerprint density at radius 2 is 1.29 bits per heavy atom. The number of aliphatic carboxylic acids is 2. The van der Waals surface area contributed by atoms with Crippen LogP contribution in [-0.2, 0) is 9.59 Å². The molecule has 1 aromatic rings. The van der Waals surface area contributed by atoms with Gasteiger partial charge in [-0.15, -0.1) is 0 Å². The van der Waals surface area contributed by atoms with E-state index in [-0.39, 0.29) is 5.91 Å². The molecule has 1 atom stereocenters. The van der Waals surface area contributed by atoms with E-state index in [1.54, 1.807) is 12.4 Å². The molecule has 2 aliphatic heterocycles. The van der Waals surface area contributed by atoms with Crippen molar-refractivity contribution in [2.45, 2.75) is 50.0 Å². The molecule has 2 saturated heterocycles. The number of amides is 1. The maximum Gasteiger partial charge on any atom is 0.490 e. The lowest BCUT2D eigenvalue weighted by Crippen LogP contribution is -2.42. The van der Waals surface area contributed by atoms with E-state index in [0.717, 1.165) is 31.5 Å². The number of carboxylic acids is 2. The second-order valence-electron chi connectivity index (χ2n) is 7.74. The Labute approximate surface area is 191 Å². The van der Waals surface area contributed by atoms with Crippen molar-refractivity contribution >= 4 is 17.8 Å². The number of alkyl halides is 6. The van der Waals surface area contributed by atoms with Crippen LogP contribution in [0.3, 0.4) is 0 Å². The van der Waals surface area contributed by atoms with Gasteiger partial charge < -0.3 is 20.0 Å². The quantitative estimate of drug-likeness (QED) is 0.568. The van der Waals surface area contributed by atoms with Crippen LogP contribution in [-0.4, -0.2) is 87.4 Å². The number of likely N-dealkylation sites (tertiary alicyclic amines) is 2. The second kappa shape index (κ2) is 12.0. The molecule has 2 N–H and O–H groups in total. The normalized spacial score (nSPS) is 21.0. The Kier molecular flexibility index (Phi) is 10.3. The van der Waals surface area contributed by atoms with Crippen LogP contribution in [0.25, 0.3) is 0 Å². The summed E-state index contributed by atoms with van der Waals surface area (Å²) in [6.45, 7) is 2.97. The van der Waals surface area contributed by atoms with Crippen LogP contribution in [0.5, 0.6) is 0 Å². The van der Waals surface area contributed by atoms with Gasteiger partial charge in [0.05, 0.1) is 0 Å². The van der Waals surface area contributed by atoms with E-state index in [1.165, 1.54) is 25.8 Å². The lowest BCUT2D eigenvalue weighted by molar-refractivity contribution is -0.193. The Balaban J connectivity index is 0.000000343. The molecule has 0 radical (unpaired) electrons. The summed E-state index contributed by atoms with van der Waals surface area (Å²) in [6.07, 6.45) is -0.741. The fraction of sp³-hybridized carbons (Fsp3) is 0.600. The molecule has 1 spiro atoms. The first-order chi connectivity index (χ1) is 15.6. The summed E-state index contributed by atoms with van der Waals surface area (Å²) in [5, 5.41) is 14.2. The molecule has 1 aromatic heterocycles. The van der Waals surface area contributed by atoms with Gasteiger partial charge in [0.15, 0.2) is 0 Å². The van der Waals surface area contributed by atoms with E-state index >= 15 is 0 Å². The number of hydrogen-bond donors (Lipinski definition) is 2. The lowest BCUT2D eigenvalue weighted by atomic mass is 9.88. The Morgan fingerprint density at radius 1 is 0.853 bits per heavy atom. The van der Waals surface area contributed by atoms with Gasteiger partial charge in [0.1, 0.15) is 0 Å². The Bertz CT molecular complexity index is 810. The zero-order chi connectivity index (χ0) is 26.2. The second-order valence-corrected chi connectivity index (χ2v) is 7.74. The van der Waals surface area contributed by atoms with Crippen molar-refractivity contribution in [2.24, 2.45) is 0 Å². The Morgan fingerprint density at radius 3 is 1.68 bits per heavy atom. The molecule has 192 valence electrons. The minimum Gasteiger partial charge on any atom is -0.475 e. The van der Waals surface area contributed by atoms with Gasteiger partial charge in [0, 0.05) is 36.6 Å². The largest absolute Gasteiger partial charge is 0.490 e. The van der Waals surface area contributed by atoms with Crippen LogP contribution >= 0.6 is 0 Å². The number of pyridine rings is 1. The number of nitrogens with zero attached hydrogens (tertiary/aromatic N) is 3. The number of carbonyl (C=O) groups excluding carboxylic acids is 1. The van der Waals surface area contributed by atoms with Crippen molar-refractivity contribution in [2.75, 3.05) is 26.7 Å². The van der Waals surface area contributed by atoms with E-state index in [1.807, 2.05) is 17.0 Å². The average molecular weight is 501 g/mol. The highest BCUT2D eigenvalue weighted by Gasteiger charge is 2.40. The van der Waals surface area contributed by atoms with Crippen LogP contribution in [0.2, 0.25) is 0 Å². The molecule has 3 heterocycles. The van der Waals surface area contributed by atoms with E-state index in [9.17, 15) is 31.1 Å². The first kappa shape index (κ1) is 29.1. The van der Waals surface area contributed by atoms with Gasteiger partial charge in [-0.25, -0.2) is 9.59 Å². The molecular weight excluding hydrogens is 476 g/mol. The van der Waals surface area contributed by atoms with Crippen molar-refractivity contribution in [3.05, 3.63) is 30.1 Å². The molecule has 34 heavy (non-hydrogen) atoms. The Hall–Kier alpha value is -2.90. The van der Waals surface area contributed by atoms with E-state index in [2.05, 4.69) is 16.9 Å². The summed E-state index contributed by atoms with van der Waals surface area (Å²) < 4.78 is 63.5. The molecule has 3 rings (SSSR count). The van der Waals surface area contributed by atoms with Crippen LogP contribution in [0.1, 0.15) is 42.5 Å². The van der Waals surface area contributed by atoms with Crippen LogP contribution in [0, 0.1) is 0 Å². The average Bonchev–Trinajstić information content (AvgIpc) is 2.96. The smallest absolute Gasteiger partial charge is 0.475 e. The summed E-state index contributed by atoms with van der Waals surface area (Å²) in [4.78, 5) is 38.8. The molecular formula is C20H25F6N3O5. The van der Waals surface area contributed by atoms with E-state index in [4.69, 9.17) is 19.8 Å². The summed E-state index contributed by atoms with van der Waals surface area (Å²) in [7, 11) is 2.24. The number of rotatable bonds is 1. The van der Waals surface area contributed by atoms with Crippen molar-refractivity contribution in [1.29, 1.82) is 0 Å². The maximum absolute atomic E-state index is 12.5. The van der Waals surface area contributed by atoms with Crippen LogP contribution < -0.4 is 0 Å². The molecule has 2 aliphatic rings. The van der Waals surface area contributed by atoms with Gasteiger partial charge in [-0.2, -0.15) is 26.3 Å². The van der Waals surface area contributed by atoms with Crippen LogP contribution in [0.4, 0.5) is 26.3 Å². The first-order valence-corrected chi connectivity index (χ1v) is 10.1. The predicted molar refractivity (Wildman–Crippen MR) is 106 cm³/mol. The van der Waals surface area contributed by atoms with Crippen LogP contribution in [0.15, 0.2) is 24.5 Å². The van der Waals surface area contributed by atoms with Crippen molar-refractivity contribution in [3.63, 3.8) is 0 Å². The zero-order valence-corrected chi connectivity index (χ0v) is 18.2. The summed E-state index contributed by atoms with van der Waals surface area (Å²) >= 11 is 0. The SMILES string of the molecule is CN1CCCC12CCCN(C(=O)c1ccncc1)CC2.O=C(O)C(F)(F)F.O=C(O)C(F)(F)F. The highest BCUT2D eigenvalue weighted by atomic mass is 19.4. The number of halogens is 6. The molecule has 1 unspecified atom stereocenters. The van der Waals surface area contributed by atoms with Gasteiger partial charge >= 0.3 is 24.3 Å². The minimum absolute atomic E-state index is 0.158. The molecule has 8 nitrogen and oxygen atoms in total. The molecule has 1 amide bonds. The summed E-state index contributed by atoms with van der Waals surface area (Å²) in [5.41, 5.74) is 1.11. The lowest BCUT2D eigenvalue weighted by Gasteiger charge is -2.35. The first-order valence-electron chi connectivity index (χ1n) is 10.1. The number of hydrogen-bond acceptors (Lipinski definition) is 5. The third kappa shape index (κ3) is 8.80. The topological polar surface area (TPSA) is 111 Å².